The third-order valence-electron chi connectivity index (χ3n) is 3.32. The molecular weight excluding hydrogens is 240 g/mol. The van der Waals surface area contributed by atoms with Crippen LogP contribution < -0.4 is 5.73 Å². The Morgan fingerprint density at radius 2 is 2.18 bits per heavy atom. The van der Waals surface area contributed by atoms with Crippen molar-refractivity contribution >= 4 is 12.4 Å². The molecule has 0 spiro atoms. The Hall–Kier alpha value is -0.650. The predicted octanol–water partition coefficient (Wildman–Crippen LogP) is 1.29. The van der Waals surface area contributed by atoms with Crippen LogP contribution in [-0.2, 0) is 6.54 Å². The zero-order valence-electron chi connectivity index (χ0n) is 9.84. The fraction of sp³-hybridized carbons (Fsp3) is 0.818. The molecule has 6 heteroatoms. The number of halogens is 1. The van der Waals surface area contributed by atoms with E-state index in [9.17, 15) is 0 Å². The molecule has 0 amide bonds. The predicted molar refractivity (Wildman–Crippen MR) is 66.0 cm³/mol. The molecule has 0 radical (unpaired) electrons. The summed E-state index contributed by atoms with van der Waals surface area (Å²) in [5.41, 5.74) is 5.94. The van der Waals surface area contributed by atoms with E-state index in [1.54, 1.807) is 0 Å². The first kappa shape index (κ1) is 12.8. The summed E-state index contributed by atoms with van der Waals surface area (Å²) in [6.07, 6.45) is 4.72. The second-order valence-corrected chi connectivity index (χ2v) is 4.96. The molecule has 1 aromatic rings. The molecule has 1 saturated carbocycles. The molecule has 96 valence electrons. The number of hydrogen-bond acceptors (Lipinski definition) is 5. The average molecular weight is 259 g/mol. The van der Waals surface area contributed by atoms with Gasteiger partial charge in [0.05, 0.1) is 6.54 Å². The van der Waals surface area contributed by atoms with Crippen LogP contribution in [0.5, 0.6) is 0 Å². The summed E-state index contributed by atoms with van der Waals surface area (Å²) >= 11 is 0. The van der Waals surface area contributed by atoms with Gasteiger partial charge in [-0.15, -0.1) is 12.4 Å². The van der Waals surface area contributed by atoms with Crippen LogP contribution in [-0.4, -0.2) is 34.2 Å². The van der Waals surface area contributed by atoms with Gasteiger partial charge in [0.2, 0.25) is 5.89 Å². The molecule has 1 aromatic heterocycles. The van der Waals surface area contributed by atoms with Gasteiger partial charge in [-0.25, -0.2) is 0 Å². The highest BCUT2D eigenvalue weighted by molar-refractivity contribution is 5.85. The summed E-state index contributed by atoms with van der Waals surface area (Å²) in [6.45, 7) is 2.83. The summed E-state index contributed by atoms with van der Waals surface area (Å²) in [6, 6.07) is 0.309. The molecule has 0 unspecified atom stereocenters. The van der Waals surface area contributed by atoms with E-state index in [1.807, 2.05) is 0 Å². The quantitative estimate of drug-likeness (QED) is 0.885. The van der Waals surface area contributed by atoms with Gasteiger partial charge in [-0.3, -0.25) is 4.90 Å². The number of likely N-dealkylation sites (tertiary alicyclic amines) is 1. The van der Waals surface area contributed by atoms with Crippen molar-refractivity contribution in [2.45, 2.75) is 44.2 Å². The van der Waals surface area contributed by atoms with Crippen LogP contribution in [0.1, 0.15) is 43.3 Å². The monoisotopic (exact) mass is 258 g/mol. The van der Waals surface area contributed by atoms with Gasteiger partial charge >= 0.3 is 0 Å². The van der Waals surface area contributed by atoms with E-state index >= 15 is 0 Å². The standard InChI is InChI=1S/C11H18N4O.ClH/c12-9-2-1-5-15(6-9)7-10-13-11(16-14-10)8-3-4-8;/h8-9H,1-7,12H2;1H/t9-;/m1./s1. The van der Waals surface area contributed by atoms with Crippen molar-refractivity contribution in [1.82, 2.24) is 15.0 Å². The van der Waals surface area contributed by atoms with Crippen molar-refractivity contribution in [3.63, 3.8) is 0 Å². The topological polar surface area (TPSA) is 68.2 Å². The second-order valence-electron chi connectivity index (χ2n) is 4.96. The zero-order chi connectivity index (χ0) is 11.0. The van der Waals surface area contributed by atoms with Gasteiger partial charge in [0, 0.05) is 18.5 Å². The van der Waals surface area contributed by atoms with E-state index in [-0.39, 0.29) is 12.4 Å². The third-order valence-corrected chi connectivity index (χ3v) is 3.32. The number of rotatable bonds is 3. The Bertz CT molecular complexity index is 366. The van der Waals surface area contributed by atoms with Crippen LogP contribution in [0.2, 0.25) is 0 Å². The normalized spacial score (nSPS) is 25.6. The fourth-order valence-electron chi connectivity index (χ4n) is 2.26. The third kappa shape index (κ3) is 3.18. The summed E-state index contributed by atoms with van der Waals surface area (Å²) in [4.78, 5) is 6.75. The largest absolute Gasteiger partial charge is 0.339 e. The Morgan fingerprint density at radius 3 is 2.88 bits per heavy atom. The van der Waals surface area contributed by atoms with Gasteiger partial charge in [0.15, 0.2) is 5.82 Å². The molecule has 2 heterocycles. The molecule has 1 atom stereocenters. The Kier molecular flexibility index (Phi) is 4.01. The van der Waals surface area contributed by atoms with Crippen molar-refractivity contribution in [2.75, 3.05) is 13.1 Å². The van der Waals surface area contributed by atoms with Gasteiger partial charge in [0.1, 0.15) is 0 Å². The maximum atomic E-state index is 5.94. The van der Waals surface area contributed by atoms with Crippen LogP contribution in [0.25, 0.3) is 0 Å². The van der Waals surface area contributed by atoms with E-state index in [0.29, 0.717) is 12.0 Å². The van der Waals surface area contributed by atoms with Gasteiger partial charge in [0.25, 0.3) is 0 Å². The van der Waals surface area contributed by atoms with Crippen molar-refractivity contribution in [2.24, 2.45) is 5.73 Å². The molecule has 2 aliphatic rings. The van der Waals surface area contributed by atoms with Gasteiger partial charge < -0.3 is 10.3 Å². The number of aromatic nitrogens is 2. The minimum atomic E-state index is 0. The fourth-order valence-corrected chi connectivity index (χ4v) is 2.26. The molecule has 2 fully saturated rings. The molecule has 2 N–H and O–H groups in total. The number of hydrogen-bond donors (Lipinski definition) is 1. The molecule has 3 rings (SSSR count). The summed E-state index contributed by atoms with van der Waals surface area (Å²) < 4.78 is 5.24. The molecule has 5 nitrogen and oxygen atoms in total. The van der Waals surface area contributed by atoms with Crippen molar-refractivity contribution in [1.29, 1.82) is 0 Å². The van der Waals surface area contributed by atoms with Crippen LogP contribution in [0.3, 0.4) is 0 Å². The minimum Gasteiger partial charge on any atom is -0.339 e. The Morgan fingerprint density at radius 1 is 1.35 bits per heavy atom. The Labute approximate surface area is 107 Å². The molecule has 1 saturated heterocycles. The highest BCUT2D eigenvalue weighted by Gasteiger charge is 2.30. The number of nitrogens with zero attached hydrogens (tertiary/aromatic N) is 3. The first-order valence-corrected chi connectivity index (χ1v) is 6.11. The van der Waals surface area contributed by atoms with Crippen LogP contribution in [0, 0.1) is 0 Å². The average Bonchev–Trinajstić information content (AvgIpc) is 3.01. The Balaban J connectivity index is 0.00000108. The maximum Gasteiger partial charge on any atom is 0.229 e. The molecule has 0 bridgehead atoms. The lowest BCUT2D eigenvalue weighted by Crippen LogP contribution is -2.42. The lowest BCUT2D eigenvalue weighted by Gasteiger charge is -2.29. The smallest absolute Gasteiger partial charge is 0.229 e. The maximum absolute atomic E-state index is 5.94. The van der Waals surface area contributed by atoms with Gasteiger partial charge in [-0.2, -0.15) is 4.98 Å². The van der Waals surface area contributed by atoms with E-state index < -0.39 is 0 Å². The number of nitrogens with two attached hydrogens (primary N) is 1. The van der Waals surface area contributed by atoms with E-state index in [2.05, 4.69) is 15.0 Å². The molecule has 0 aromatic carbocycles. The van der Waals surface area contributed by atoms with Crippen LogP contribution in [0.15, 0.2) is 4.52 Å². The van der Waals surface area contributed by atoms with E-state index in [4.69, 9.17) is 10.3 Å². The van der Waals surface area contributed by atoms with Gasteiger partial charge in [-0.1, -0.05) is 5.16 Å². The summed E-state index contributed by atoms with van der Waals surface area (Å²) in [5.74, 6) is 2.19. The summed E-state index contributed by atoms with van der Waals surface area (Å²) in [7, 11) is 0. The molecular formula is C11H19ClN4O. The minimum absolute atomic E-state index is 0. The second kappa shape index (κ2) is 5.33. The highest BCUT2D eigenvalue weighted by atomic mass is 35.5. The lowest BCUT2D eigenvalue weighted by molar-refractivity contribution is 0.195. The lowest BCUT2D eigenvalue weighted by atomic mass is 10.1. The van der Waals surface area contributed by atoms with Crippen molar-refractivity contribution in [3.05, 3.63) is 11.7 Å². The molecule has 17 heavy (non-hydrogen) atoms. The molecule has 1 aliphatic heterocycles. The first-order chi connectivity index (χ1) is 7.81. The van der Waals surface area contributed by atoms with Gasteiger partial charge in [-0.05, 0) is 32.2 Å². The van der Waals surface area contributed by atoms with E-state index in [1.165, 1.54) is 19.3 Å². The first-order valence-electron chi connectivity index (χ1n) is 6.11. The van der Waals surface area contributed by atoms with Crippen LogP contribution in [0.4, 0.5) is 0 Å². The highest BCUT2D eigenvalue weighted by Crippen LogP contribution is 2.38. The molecule has 1 aliphatic carbocycles. The van der Waals surface area contributed by atoms with E-state index in [0.717, 1.165) is 37.8 Å². The summed E-state index contributed by atoms with van der Waals surface area (Å²) in [5, 5.41) is 4.03. The number of piperidine rings is 1. The van der Waals surface area contributed by atoms with Crippen molar-refractivity contribution < 1.29 is 4.52 Å². The SMILES string of the molecule is Cl.N[C@@H]1CCCN(Cc2noc(C3CC3)n2)C1. The van der Waals surface area contributed by atoms with Crippen LogP contribution >= 0.6 is 12.4 Å². The van der Waals surface area contributed by atoms with Crippen molar-refractivity contribution in [3.8, 4) is 0 Å². The zero-order valence-corrected chi connectivity index (χ0v) is 10.7.